The van der Waals surface area contributed by atoms with Crippen LogP contribution in [-0.4, -0.2) is 46.6 Å². The molecule has 1 aromatic carbocycles. The Morgan fingerprint density at radius 2 is 2.00 bits per heavy atom. The van der Waals surface area contributed by atoms with Gasteiger partial charge in [-0.15, -0.1) is 0 Å². The van der Waals surface area contributed by atoms with Crippen molar-refractivity contribution in [1.82, 2.24) is 4.31 Å². The number of hydrogen-bond acceptors (Lipinski definition) is 5. The summed E-state index contributed by atoms with van der Waals surface area (Å²) in [5.41, 5.74) is 5.67. The van der Waals surface area contributed by atoms with Crippen LogP contribution < -0.4 is 15.2 Å². The Bertz CT molecular complexity index is 589. The molecule has 7 heteroatoms. The molecular weight excluding hydrogens is 292 g/mol. The molecule has 6 nitrogen and oxygen atoms in total. The van der Waals surface area contributed by atoms with Gasteiger partial charge in [-0.25, -0.2) is 8.42 Å². The van der Waals surface area contributed by atoms with Crippen molar-refractivity contribution in [2.75, 3.05) is 33.9 Å². The van der Waals surface area contributed by atoms with Crippen molar-refractivity contribution >= 4 is 10.0 Å². The van der Waals surface area contributed by atoms with Crippen molar-refractivity contribution in [2.45, 2.75) is 17.7 Å². The highest BCUT2D eigenvalue weighted by Gasteiger charge is 2.30. The van der Waals surface area contributed by atoms with Gasteiger partial charge in [0, 0.05) is 19.2 Å². The third-order valence-electron chi connectivity index (χ3n) is 3.81. The van der Waals surface area contributed by atoms with Crippen molar-refractivity contribution in [1.29, 1.82) is 0 Å². The second-order valence-corrected chi connectivity index (χ2v) is 7.06. The summed E-state index contributed by atoms with van der Waals surface area (Å²) in [4.78, 5) is 0.220. The van der Waals surface area contributed by atoms with Crippen LogP contribution in [0.3, 0.4) is 0 Å². The first kappa shape index (κ1) is 16.1. The number of methoxy groups -OCH3 is 2. The smallest absolute Gasteiger partial charge is 0.243 e. The maximum absolute atomic E-state index is 12.7. The van der Waals surface area contributed by atoms with Gasteiger partial charge in [-0.3, -0.25) is 0 Å². The standard InChI is InChI=1S/C14H22N2O4S/c1-19-13-6-5-12(8-14(13)20-2)21(17,18)16-7-3-4-11(9-15)10-16/h5-6,8,11H,3-4,7,9-10,15H2,1-2H3. The minimum atomic E-state index is -3.52. The van der Waals surface area contributed by atoms with E-state index in [2.05, 4.69) is 0 Å². The largest absolute Gasteiger partial charge is 0.493 e. The number of sulfonamides is 1. The number of piperidine rings is 1. The molecule has 0 bridgehead atoms. The van der Waals surface area contributed by atoms with E-state index in [1.54, 1.807) is 12.1 Å². The molecule has 1 aliphatic rings. The first-order valence-electron chi connectivity index (χ1n) is 6.95. The fourth-order valence-electron chi connectivity index (χ4n) is 2.56. The third kappa shape index (κ3) is 3.30. The Kier molecular flexibility index (Phi) is 5.08. The molecule has 118 valence electrons. The highest BCUT2D eigenvalue weighted by Crippen LogP contribution is 2.31. The van der Waals surface area contributed by atoms with E-state index in [9.17, 15) is 8.42 Å². The van der Waals surface area contributed by atoms with Crippen LogP contribution in [0.4, 0.5) is 0 Å². The van der Waals surface area contributed by atoms with E-state index < -0.39 is 10.0 Å². The fraction of sp³-hybridized carbons (Fsp3) is 0.571. The van der Waals surface area contributed by atoms with Crippen molar-refractivity contribution in [3.63, 3.8) is 0 Å². The highest BCUT2D eigenvalue weighted by molar-refractivity contribution is 7.89. The molecular formula is C14H22N2O4S. The molecule has 1 heterocycles. The van der Waals surface area contributed by atoms with E-state index in [4.69, 9.17) is 15.2 Å². The van der Waals surface area contributed by atoms with Gasteiger partial charge in [0.2, 0.25) is 10.0 Å². The monoisotopic (exact) mass is 314 g/mol. The summed E-state index contributed by atoms with van der Waals surface area (Å²) < 4.78 is 37.2. The Morgan fingerprint density at radius 1 is 1.29 bits per heavy atom. The molecule has 1 fully saturated rings. The molecule has 0 saturated carbocycles. The van der Waals surface area contributed by atoms with Crippen LogP contribution in [0.15, 0.2) is 23.1 Å². The topological polar surface area (TPSA) is 81.9 Å². The number of rotatable bonds is 5. The summed E-state index contributed by atoms with van der Waals surface area (Å²) in [6.07, 6.45) is 1.82. The lowest BCUT2D eigenvalue weighted by molar-refractivity contribution is 0.271. The Labute approximate surface area is 125 Å². The predicted octanol–water partition coefficient (Wildman–Crippen LogP) is 1.06. The van der Waals surface area contributed by atoms with Gasteiger partial charge < -0.3 is 15.2 Å². The normalized spacial score (nSPS) is 20.2. The third-order valence-corrected chi connectivity index (χ3v) is 5.67. The van der Waals surface area contributed by atoms with Crippen molar-refractivity contribution in [3.8, 4) is 11.5 Å². The lowest BCUT2D eigenvalue weighted by Crippen LogP contribution is -2.41. The van der Waals surface area contributed by atoms with E-state index >= 15 is 0 Å². The lowest BCUT2D eigenvalue weighted by Gasteiger charge is -2.31. The van der Waals surface area contributed by atoms with Gasteiger partial charge in [-0.1, -0.05) is 0 Å². The zero-order valence-corrected chi connectivity index (χ0v) is 13.2. The zero-order valence-electron chi connectivity index (χ0n) is 12.4. The fourth-order valence-corrected chi connectivity index (χ4v) is 4.13. The minimum Gasteiger partial charge on any atom is -0.493 e. The Balaban J connectivity index is 2.30. The van der Waals surface area contributed by atoms with Gasteiger partial charge >= 0.3 is 0 Å². The van der Waals surface area contributed by atoms with Crippen LogP contribution in [0.2, 0.25) is 0 Å². The first-order valence-corrected chi connectivity index (χ1v) is 8.39. The molecule has 2 rings (SSSR count). The van der Waals surface area contributed by atoms with E-state index in [0.29, 0.717) is 31.1 Å². The summed E-state index contributed by atoms with van der Waals surface area (Å²) in [6, 6.07) is 4.65. The average molecular weight is 314 g/mol. The Hall–Kier alpha value is -1.31. The van der Waals surface area contributed by atoms with Crippen LogP contribution in [0, 0.1) is 5.92 Å². The number of hydrogen-bond donors (Lipinski definition) is 1. The summed E-state index contributed by atoms with van der Waals surface area (Å²) in [6.45, 7) is 1.53. The molecule has 1 aromatic rings. The maximum Gasteiger partial charge on any atom is 0.243 e. The molecule has 21 heavy (non-hydrogen) atoms. The van der Waals surface area contributed by atoms with E-state index in [-0.39, 0.29) is 10.8 Å². The van der Waals surface area contributed by atoms with Gasteiger partial charge in [-0.05, 0) is 37.4 Å². The predicted molar refractivity (Wildman–Crippen MR) is 80.1 cm³/mol. The molecule has 1 saturated heterocycles. The summed E-state index contributed by atoms with van der Waals surface area (Å²) in [7, 11) is -0.518. The zero-order chi connectivity index (χ0) is 15.5. The van der Waals surface area contributed by atoms with Crippen LogP contribution >= 0.6 is 0 Å². The Morgan fingerprint density at radius 3 is 2.62 bits per heavy atom. The second-order valence-electron chi connectivity index (χ2n) is 5.12. The van der Waals surface area contributed by atoms with Crippen LogP contribution in [0.1, 0.15) is 12.8 Å². The molecule has 0 radical (unpaired) electrons. The molecule has 0 aliphatic carbocycles. The molecule has 0 aromatic heterocycles. The van der Waals surface area contributed by atoms with Crippen molar-refractivity contribution < 1.29 is 17.9 Å². The summed E-state index contributed by atoms with van der Waals surface area (Å²) in [5, 5.41) is 0. The molecule has 0 amide bonds. The van der Waals surface area contributed by atoms with Crippen molar-refractivity contribution in [3.05, 3.63) is 18.2 Å². The number of nitrogens with two attached hydrogens (primary N) is 1. The van der Waals surface area contributed by atoms with Gasteiger partial charge in [0.25, 0.3) is 0 Å². The van der Waals surface area contributed by atoms with Gasteiger partial charge in [0.1, 0.15) is 0 Å². The number of benzene rings is 1. The summed E-state index contributed by atoms with van der Waals surface area (Å²) >= 11 is 0. The minimum absolute atomic E-state index is 0.220. The van der Waals surface area contributed by atoms with Gasteiger partial charge in [0.15, 0.2) is 11.5 Å². The van der Waals surface area contributed by atoms with Crippen molar-refractivity contribution in [2.24, 2.45) is 11.7 Å². The summed E-state index contributed by atoms with van der Waals surface area (Å²) in [5.74, 6) is 1.15. The van der Waals surface area contributed by atoms with Crippen LogP contribution in [0.5, 0.6) is 11.5 Å². The number of nitrogens with zero attached hydrogens (tertiary/aromatic N) is 1. The SMILES string of the molecule is COc1ccc(S(=O)(=O)N2CCCC(CN)C2)cc1OC. The van der Waals surface area contributed by atoms with Crippen LogP contribution in [-0.2, 0) is 10.0 Å². The van der Waals surface area contributed by atoms with Gasteiger partial charge in [-0.2, -0.15) is 4.31 Å². The molecule has 1 atom stereocenters. The first-order chi connectivity index (χ1) is 10.0. The van der Waals surface area contributed by atoms with Crippen LogP contribution in [0.25, 0.3) is 0 Å². The molecule has 2 N–H and O–H groups in total. The average Bonchev–Trinajstić information content (AvgIpc) is 2.54. The second kappa shape index (κ2) is 6.64. The van der Waals surface area contributed by atoms with E-state index in [1.165, 1.54) is 24.6 Å². The maximum atomic E-state index is 12.7. The highest BCUT2D eigenvalue weighted by atomic mass is 32.2. The van der Waals surface area contributed by atoms with E-state index in [0.717, 1.165) is 12.8 Å². The molecule has 1 aliphatic heterocycles. The van der Waals surface area contributed by atoms with E-state index in [1.807, 2.05) is 0 Å². The molecule has 1 unspecified atom stereocenters. The molecule has 0 spiro atoms. The van der Waals surface area contributed by atoms with Gasteiger partial charge in [0.05, 0.1) is 19.1 Å². The quantitative estimate of drug-likeness (QED) is 0.879. The number of ether oxygens (including phenoxy) is 2. The lowest BCUT2D eigenvalue weighted by atomic mass is 10.0.